The standard InChI is InChI=1S/C28H21ClF3N3O7S/c1-39-19-6-3-17(4-7-19)16-34(26-11-12-41-33-26)43(37,38)20-8-9-22-18(13-20)5-10-27(36)35(22)23-14-21(29)24(15-25(23)40-2)42-28(30,31)32/h3-15H,16H2,1-2H3. The Kier molecular flexibility index (Phi) is 7.99. The number of ether oxygens (including phenoxy) is 3. The first-order valence-corrected chi connectivity index (χ1v) is 14.1. The molecule has 0 aliphatic heterocycles. The van der Waals surface area contributed by atoms with Crippen LogP contribution in [0.2, 0.25) is 5.02 Å². The summed E-state index contributed by atoms with van der Waals surface area (Å²) in [7, 11) is -1.52. The van der Waals surface area contributed by atoms with Crippen LogP contribution in [0, 0.1) is 0 Å². The highest BCUT2D eigenvalue weighted by atomic mass is 35.5. The zero-order chi connectivity index (χ0) is 30.9. The summed E-state index contributed by atoms with van der Waals surface area (Å²) < 4.78 is 87.9. The molecule has 10 nitrogen and oxygen atoms in total. The van der Waals surface area contributed by atoms with Crippen molar-refractivity contribution in [3.63, 3.8) is 0 Å². The SMILES string of the molecule is COc1ccc(CN(c2ccon2)S(=O)(=O)c2ccc3c(ccc(=O)n3-c3cc(Cl)c(OC(F)(F)F)cc3OC)c2)cc1. The van der Waals surface area contributed by atoms with Crippen molar-refractivity contribution in [3.8, 4) is 22.9 Å². The molecule has 43 heavy (non-hydrogen) atoms. The van der Waals surface area contributed by atoms with Crippen LogP contribution in [0.1, 0.15) is 5.56 Å². The quantitative estimate of drug-likeness (QED) is 0.196. The first-order valence-electron chi connectivity index (χ1n) is 12.3. The van der Waals surface area contributed by atoms with Crippen molar-refractivity contribution in [2.24, 2.45) is 0 Å². The number of alkyl halides is 3. The van der Waals surface area contributed by atoms with E-state index in [4.69, 9.17) is 25.6 Å². The molecule has 224 valence electrons. The van der Waals surface area contributed by atoms with E-state index in [9.17, 15) is 26.4 Å². The Bertz CT molecular complexity index is 1950. The van der Waals surface area contributed by atoms with Crippen LogP contribution in [0.25, 0.3) is 16.6 Å². The summed E-state index contributed by atoms with van der Waals surface area (Å²) in [5.41, 5.74) is 0.306. The molecule has 2 aromatic heterocycles. The molecular weight excluding hydrogens is 615 g/mol. The molecule has 0 radical (unpaired) electrons. The molecule has 15 heteroatoms. The summed E-state index contributed by atoms with van der Waals surface area (Å²) in [4.78, 5) is 12.9. The molecule has 0 fully saturated rings. The van der Waals surface area contributed by atoms with Crippen LogP contribution in [0.15, 0.2) is 93.3 Å². The molecule has 0 aliphatic carbocycles. The number of aromatic nitrogens is 2. The number of hydrogen-bond acceptors (Lipinski definition) is 8. The predicted octanol–water partition coefficient (Wildman–Crippen LogP) is 5.94. The molecule has 0 spiro atoms. The van der Waals surface area contributed by atoms with Crippen LogP contribution < -0.4 is 24.1 Å². The summed E-state index contributed by atoms with van der Waals surface area (Å²) in [6.07, 6.45) is -3.77. The molecule has 0 saturated carbocycles. The van der Waals surface area contributed by atoms with Crippen molar-refractivity contribution in [3.05, 3.63) is 100.0 Å². The Morgan fingerprint density at radius 2 is 1.70 bits per heavy atom. The van der Waals surface area contributed by atoms with Crippen LogP contribution >= 0.6 is 11.6 Å². The first kappa shape index (κ1) is 29.8. The van der Waals surface area contributed by atoms with E-state index in [1.165, 1.54) is 56.9 Å². The number of methoxy groups -OCH3 is 2. The third kappa shape index (κ3) is 6.10. The number of hydrogen-bond donors (Lipinski definition) is 0. The summed E-state index contributed by atoms with van der Waals surface area (Å²) in [5.74, 6) is -0.227. The topological polar surface area (TPSA) is 113 Å². The Morgan fingerprint density at radius 3 is 2.33 bits per heavy atom. The van der Waals surface area contributed by atoms with Crippen molar-refractivity contribution in [2.75, 3.05) is 18.5 Å². The normalized spacial score (nSPS) is 11.9. The van der Waals surface area contributed by atoms with Crippen LogP contribution in [-0.4, -0.2) is 38.7 Å². The number of sulfonamides is 1. The Labute approximate surface area is 247 Å². The second-order valence-corrected chi connectivity index (χ2v) is 11.2. The van der Waals surface area contributed by atoms with E-state index in [1.807, 2.05) is 0 Å². The van der Waals surface area contributed by atoms with Crippen LogP contribution in [0.4, 0.5) is 19.0 Å². The van der Waals surface area contributed by atoms with Crippen molar-refractivity contribution in [1.82, 2.24) is 9.72 Å². The largest absolute Gasteiger partial charge is 0.573 e. The number of fused-ring (bicyclic) bond motifs is 1. The molecule has 0 atom stereocenters. The van der Waals surface area contributed by atoms with E-state index >= 15 is 0 Å². The van der Waals surface area contributed by atoms with Gasteiger partial charge in [0.1, 0.15) is 17.8 Å². The highest BCUT2D eigenvalue weighted by Crippen LogP contribution is 2.38. The summed E-state index contributed by atoms with van der Waals surface area (Å²) in [5, 5.41) is 3.70. The van der Waals surface area contributed by atoms with Crippen molar-refractivity contribution in [1.29, 1.82) is 0 Å². The van der Waals surface area contributed by atoms with Crippen molar-refractivity contribution >= 4 is 38.3 Å². The molecular formula is C28H21ClF3N3O7S. The second-order valence-electron chi connectivity index (χ2n) is 8.95. The van der Waals surface area contributed by atoms with Gasteiger partial charge in [0.25, 0.3) is 15.6 Å². The summed E-state index contributed by atoms with van der Waals surface area (Å²) >= 11 is 6.07. The maximum absolute atomic E-state index is 13.9. The number of rotatable bonds is 9. The van der Waals surface area contributed by atoms with Gasteiger partial charge in [-0.15, -0.1) is 13.2 Å². The average Bonchev–Trinajstić information content (AvgIpc) is 3.50. The van der Waals surface area contributed by atoms with Crippen molar-refractivity contribution < 1.29 is 40.3 Å². The second kappa shape index (κ2) is 11.5. The van der Waals surface area contributed by atoms with Gasteiger partial charge >= 0.3 is 6.36 Å². The lowest BCUT2D eigenvalue weighted by Crippen LogP contribution is -2.31. The van der Waals surface area contributed by atoms with Gasteiger partial charge in [0.2, 0.25) is 0 Å². The van der Waals surface area contributed by atoms with E-state index in [0.717, 1.165) is 21.0 Å². The highest BCUT2D eigenvalue weighted by molar-refractivity contribution is 7.92. The molecule has 2 heterocycles. The number of benzene rings is 3. The van der Waals surface area contributed by atoms with Gasteiger partial charge in [-0.05, 0) is 48.0 Å². The Balaban J connectivity index is 1.60. The monoisotopic (exact) mass is 635 g/mol. The van der Waals surface area contributed by atoms with Crippen LogP contribution in [-0.2, 0) is 16.6 Å². The van der Waals surface area contributed by atoms with Gasteiger partial charge in [-0.1, -0.05) is 28.9 Å². The molecule has 0 unspecified atom stereocenters. The van der Waals surface area contributed by atoms with E-state index in [2.05, 4.69) is 9.89 Å². The molecule has 0 aliphatic rings. The minimum Gasteiger partial charge on any atom is -0.497 e. The zero-order valence-electron chi connectivity index (χ0n) is 22.3. The van der Waals surface area contributed by atoms with Gasteiger partial charge in [-0.25, -0.2) is 12.7 Å². The molecule has 5 rings (SSSR count). The molecule has 5 aromatic rings. The summed E-state index contributed by atoms with van der Waals surface area (Å²) in [6.45, 7) is -0.0849. The zero-order valence-corrected chi connectivity index (χ0v) is 23.9. The number of nitrogens with zero attached hydrogens (tertiary/aromatic N) is 3. The third-order valence-electron chi connectivity index (χ3n) is 6.32. The molecule has 0 bridgehead atoms. The molecule has 3 aromatic carbocycles. The fourth-order valence-corrected chi connectivity index (χ4v) is 5.97. The van der Waals surface area contributed by atoms with E-state index in [1.54, 1.807) is 24.3 Å². The minimum atomic E-state index is -5.01. The van der Waals surface area contributed by atoms with Gasteiger partial charge in [-0.3, -0.25) is 9.36 Å². The maximum Gasteiger partial charge on any atom is 0.573 e. The highest BCUT2D eigenvalue weighted by Gasteiger charge is 2.33. The molecule has 0 saturated heterocycles. The summed E-state index contributed by atoms with van der Waals surface area (Å²) in [6, 6.07) is 16.9. The van der Waals surface area contributed by atoms with E-state index in [-0.39, 0.29) is 34.2 Å². The van der Waals surface area contributed by atoms with Gasteiger partial charge in [0, 0.05) is 23.6 Å². The molecule has 0 N–H and O–H groups in total. The van der Waals surface area contributed by atoms with Crippen LogP contribution in [0.5, 0.6) is 17.2 Å². The maximum atomic E-state index is 13.9. The fraction of sp³-hybridized carbons (Fsp3) is 0.143. The third-order valence-corrected chi connectivity index (χ3v) is 8.36. The van der Waals surface area contributed by atoms with Crippen molar-refractivity contribution in [2.45, 2.75) is 17.8 Å². The predicted molar refractivity (Wildman–Crippen MR) is 151 cm³/mol. The lowest BCUT2D eigenvalue weighted by molar-refractivity contribution is -0.274. The Hall–Kier alpha value is -4.69. The van der Waals surface area contributed by atoms with E-state index < -0.39 is 32.7 Å². The van der Waals surface area contributed by atoms with Crippen LogP contribution in [0.3, 0.4) is 0 Å². The Morgan fingerprint density at radius 1 is 0.953 bits per heavy atom. The fourth-order valence-electron chi connectivity index (χ4n) is 4.35. The first-order chi connectivity index (χ1) is 20.4. The minimum absolute atomic E-state index is 0.0111. The average molecular weight is 636 g/mol. The lowest BCUT2D eigenvalue weighted by atomic mass is 10.2. The smallest absolute Gasteiger partial charge is 0.497 e. The number of anilines is 1. The lowest BCUT2D eigenvalue weighted by Gasteiger charge is -2.22. The number of pyridine rings is 1. The van der Waals surface area contributed by atoms with Gasteiger partial charge < -0.3 is 18.7 Å². The van der Waals surface area contributed by atoms with Gasteiger partial charge in [0.15, 0.2) is 11.6 Å². The van der Waals surface area contributed by atoms with Gasteiger partial charge in [0.05, 0.1) is 41.9 Å². The van der Waals surface area contributed by atoms with E-state index in [0.29, 0.717) is 16.7 Å². The number of halogens is 4. The molecule has 0 amide bonds. The van der Waals surface area contributed by atoms with Gasteiger partial charge in [-0.2, -0.15) is 0 Å².